The van der Waals surface area contributed by atoms with Crippen molar-refractivity contribution in [2.45, 2.75) is 13.8 Å². The van der Waals surface area contributed by atoms with Gasteiger partial charge >= 0.3 is 0 Å². The zero-order chi connectivity index (χ0) is 15.0. The molecule has 104 valence electrons. The molecular formula is C19H15FO. The van der Waals surface area contributed by atoms with E-state index in [1.807, 2.05) is 42.5 Å². The lowest BCUT2D eigenvalue weighted by molar-refractivity contribution is 0.103. The quantitative estimate of drug-likeness (QED) is 0.614. The number of hydrogen-bond donors (Lipinski definition) is 0. The predicted molar refractivity (Wildman–Crippen MR) is 83.3 cm³/mol. The second-order valence-electron chi connectivity index (χ2n) is 5.27. The summed E-state index contributed by atoms with van der Waals surface area (Å²) in [6, 6.07) is 16.3. The van der Waals surface area contributed by atoms with E-state index >= 15 is 0 Å². The van der Waals surface area contributed by atoms with Gasteiger partial charge in [-0.25, -0.2) is 4.39 Å². The highest BCUT2D eigenvalue weighted by Crippen LogP contribution is 2.25. The molecule has 3 rings (SSSR count). The van der Waals surface area contributed by atoms with E-state index < -0.39 is 0 Å². The molecule has 21 heavy (non-hydrogen) atoms. The summed E-state index contributed by atoms with van der Waals surface area (Å²) in [6.45, 7) is 3.54. The predicted octanol–water partition coefficient (Wildman–Crippen LogP) is 4.83. The zero-order valence-corrected chi connectivity index (χ0v) is 12.0. The molecule has 0 aliphatic heterocycles. The Kier molecular flexibility index (Phi) is 3.30. The fourth-order valence-corrected chi connectivity index (χ4v) is 2.83. The number of fused-ring (bicyclic) bond motifs is 1. The van der Waals surface area contributed by atoms with Crippen LogP contribution < -0.4 is 0 Å². The molecule has 3 aromatic rings. The van der Waals surface area contributed by atoms with Gasteiger partial charge in [-0.1, -0.05) is 42.5 Å². The van der Waals surface area contributed by atoms with Crippen molar-refractivity contribution in [1.82, 2.24) is 0 Å². The fraction of sp³-hybridized carbons (Fsp3) is 0.105. The summed E-state index contributed by atoms with van der Waals surface area (Å²) in [4.78, 5) is 12.9. The highest BCUT2D eigenvalue weighted by atomic mass is 19.1. The third-order valence-electron chi connectivity index (χ3n) is 3.76. The maximum atomic E-state index is 13.4. The molecule has 0 fully saturated rings. The lowest BCUT2D eigenvalue weighted by Gasteiger charge is -2.11. The monoisotopic (exact) mass is 278 g/mol. The van der Waals surface area contributed by atoms with Crippen molar-refractivity contribution in [3.05, 3.63) is 82.7 Å². The van der Waals surface area contributed by atoms with Crippen LogP contribution in [0, 0.1) is 19.7 Å². The molecule has 0 unspecified atom stereocenters. The maximum Gasteiger partial charge on any atom is 0.194 e. The Balaban J connectivity index is 2.22. The molecule has 0 bridgehead atoms. The van der Waals surface area contributed by atoms with Gasteiger partial charge in [0.15, 0.2) is 5.78 Å². The minimum absolute atomic E-state index is 0.0539. The number of halogens is 1. The first-order valence-corrected chi connectivity index (χ1v) is 6.87. The molecule has 0 saturated carbocycles. The molecule has 0 saturated heterocycles. The van der Waals surface area contributed by atoms with Crippen molar-refractivity contribution in [2.24, 2.45) is 0 Å². The fourth-order valence-electron chi connectivity index (χ4n) is 2.83. The molecule has 0 radical (unpaired) electrons. The molecule has 0 heterocycles. The van der Waals surface area contributed by atoms with Gasteiger partial charge in [0.05, 0.1) is 0 Å². The van der Waals surface area contributed by atoms with Gasteiger partial charge < -0.3 is 0 Å². The van der Waals surface area contributed by atoms with Gasteiger partial charge in [0.1, 0.15) is 5.82 Å². The Bertz CT molecular complexity index is 821. The standard InChI is InChI=1S/C19H15FO/c1-12-10-15(20)11-13(2)18(12)19(21)17-9-5-7-14-6-3-4-8-16(14)17/h3-11H,1-2H3. The maximum absolute atomic E-state index is 13.4. The molecule has 3 aromatic carbocycles. The van der Waals surface area contributed by atoms with Gasteiger partial charge in [0.25, 0.3) is 0 Å². The first-order valence-electron chi connectivity index (χ1n) is 6.87. The van der Waals surface area contributed by atoms with Crippen molar-refractivity contribution in [3.8, 4) is 0 Å². The second-order valence-corrected chi connectivity index (χ2v) is 5.27. The van der Waals surface area contributed by atoms with Crippen LogP contribution >= 0.6 is 0 Å². The minimum Gasteiger partial charge on any atom is -0.289 e. The Morgan fingerprint density at radius 1 is 0.905 bits per heavy atom. The highest BCUT2D eigenvalue weighted by molar-refractivity contribution is 6.17. The van der Waals surface area contributed by atoms with E-state index in [1.54, 1.807) is 13.8 Å². The number of carbonyl (C=O) groups excluding carboxylic acids is 1. The van der Waals surface area contributed by atoms with E-state index in [0.717, 1.165) is 10.8 Å². The smallest absolute Gasteiger partial charge is 0.194 e. The van der Waals surface area contributed by atoms with Crippen LogP contribution in [0.4, 0.5) is 4.39 Å². The van der Waals surface area contributed by atoms with E-state index in [9.17, 15) is 9.18 Å². The minimum atomic E-state index is -0.306. The first kappa shape index (κ1) is 13.5. The molecule has 2 heteroatoms. The highest BCUT2D eigenvalue weighted by Gasteiger charge is 2.17. The van der Waals surface area contributed by atoms with E-state index in [1.165, 1.54) is 12.1 Å². The molecule has 0 N–H and O–H groups in total. The number of rotatable bonds is 2. The lowest BCUT2D eigenvalue weighted by atomic mass is 9.92. The summed E-state index contributed by atoms with van der Waals surface area (Å²) in [5, 5.41) is 1.95. The van der Waals surface area contributed by atoms with Gasteiger partial charge in [-0.3, -0.25) is 4.79 Å². The van der Waals surface area contributed by atoms with Crippen LogP contribution in [0.15, 0.2) is 54.6 Å². The van der Waals surface area contributed by atoms with E-state index in [4.69, 9.17) is 0 Å². The Labute approximate surface area is 123 Å². The SMILES string of the molecule is Cc1cc(F)cc(C)c1C(=O)c1cccc2ccccc12. The Morgan fingerprint density at radius 2 is 1.52 bits per heavy atom. The van der Waals surface area contributed by atoms with Crippen LogP contribution in [0.1, 0.15) is 27.0 Å². The second kappa shape index (κ2) is 5.13. The van der Waals surface area contributed by atoms with Crippen LogP contribution in [-0.4, -0.2) is 5.78 Å². The Hall–Kier alpha value is -2.48. The topological polar surface area (TPSA) is 17.1 Å². The summed E-state index contributed by atoms with van der Waals surface area (Å²) >= 11 is 0. The molecule has 1 nitrogen and oxygen atoms in total. The van der Waals surface area contributed by atoms with Gasteiger partial charge in [0, 0.05) is 11.1 Å². The number of benzene rings is 3. The number of hydrogen-bond acceptors (Lipinski definition) is 1. The lowest BCUT2D eigenvalue weighted by Crippen LogP contribution is -2.07. The van der Waals surface area contributed by atoms with Crippen molar-refractivity contribution < 1.29 is 9.18 Å². The van der Waals surface area contributed by atoms with E-state index in [0.29, 0.717) is 22.3 Å². The first-order chi connectivity index (χ1) is 10.1. The molecular weight excluding hydrogens is 263 g/mol. The molecule has 0 spiro atoms. The van der Waals surface area contributed by atoms with Crippen LogP contribution in [0.5, 0.6) is 0 Å². The van der Waals surface area contributed by atoms with Crippen molar-refractivity contribution in [1.29, 1.82) is 0 Å². The normalized spacial score (nSPS) is 10.8. The molecule has 0 aliphatic rings. The zero-order valence-electron chi connectivity index (χ0n) is 12.0. The van der Waals surface area contributed by atoms with Crippen molar-refractivity contribution >= 4 is 16.6 Å². The summed E-state index contributed by atoms with van der Waals surface area (Å²) in [7, 11) is 0. The summed E-state index contributed by atoms with van der Waals surface area (Å²) in [5.74, 6) is -0.360. The largest absolute Gasteiger partial charge is 0.289 e. The van der Waals surface area contributed by atoms with Crippen LogP contribution in [0.25, 0.3) is 10.8 Å². The van der Waals surface area contributed by atoms with Gasteiger partial charge in [-0.15, -0.1) is 0 Å². The third kappa shape index (κ3) is 2.33. The van der Waals surface area contributed by atoms with Gasteiger partial charge in [-0.2, -0.15) is 0 Å². The average Bonchev–Trinajstić information content (AvgIpc) is 2.45. The van der Waals surface area contributed by atoms with Crippen LogP contribution in [0.2, 0.25) is 0 Å². The number of carbonyl (C=O) groups is 1. The van der Waals surface area contributed by atoms with Gasteiger partial charge in [0.2, 0.25) is 0 Å². The molecule has 0 aliphatic carbocycles. The van der Waals surface area contributed by atoms with Crippen molar-refractivity contribution in [2.75, 3.05) is 0 Å². The molecule has 0 aromatic heterocycles. The molecule has 0 amide bonds. The van der Waals surface area contributed by atoms with Gasteiger partial charge in [-0.05, 0) is 47.9 Å². The number of aryl methyl sites for hydroxylation is 2. The van der Waals surface area contributed by atoms with E-state index in [-0.39, 0.29) is 11.6 Å². The Morgan fingerprint density at radius 3 is 2.24 bits per heavy atom. The summed E-state index contributed by atoms with van der Waals surface area (Å²) in [5.41, 5.74) is 2.59. The number of ketones is 1. The van der Waals surface area contributed by atoms with E-state index in [2.05, 4.69) is 0 Å². The molecule has 0 atom stereocenters. The summed E-state index contributed by atoms with van der Waals surface area (Å²) < 4.78 is 13.4. The van der Waals surface area contributed by atoms with Crippen molar-refractivity contribution in [3.63, 3.8) is 0 Å². The van der Waals surface area contributed by atoms with Crippen LogP contribution in [-0.2, 0) is 0 Å². The van der Waals surface area contributed by atoms with Crippen LogP contribution in [0.3, 0.4) is 0 Å². The summed E-state index contributed by atoms with van der Waals surface area (Å²) in [6.07, 6.45) is 0. The average molecular weight is 278 g/mol. The third-order valence-corrected chi connectivity index (χ3v) is 3.76.